The van der Waals surface area contributed by atoms with E-state index in [1.54, 1.807) is 12.1 Å². The van der Waals surface area contributed by atoms with Crippen LogP contribution in [0.25, 0.3) is 0 Å². The Bertz CT molecular complexity index is 685. The highest BCUT2D eigenvalue weighted by Crippen LogP contribution is 2.32. The van der Waals surface area contributed by atoms with Crippen molar-refractivity contribution >= 4 is 61.9 Å². The quantitative estimate of drug-likeness (QED) is 0.919. The number of nitrogens with one attached hydrogen (secondary N) is 1. The van der Waals surface area contributed by atoms with Gasteiger partial charge in [-0.2, -0.15) is 0 Å². The van der Waals surface area contributed by atoms with Gasteiger partial charge in [0.05, 0.1) is 21.9 Å². The molecule has 0 atom stereocenters. The van der Waals surface area contributed by atoms with Crippen LogP contribution in [0.1, 0.15) is 0 Å². The number of aromatic nitrogens is 1. The maximum atomic E-state index is 12.0. The van der Waals surface area contributed by atoms with Gasteiger partial charge < -0.3 is 0 Å². The summed E-state index contributed by atoms with van der Waals surface area (Å²) in [6.07, 6.45) is 1.17. The molecular formula is C9H5Cl3N2O2S2. The van der Waals surface area contributed by atoms with Gasteiger partial charge in [-0.05, 0) is 12.1 Å². The molecule has 0 fully saturated rings. The van der Waals surface area contributed by atoms with E-state index < -0.39 is 10.0 Å². The molecule has 0 saturated carbocycles. The van der Waals surface area contributed by atoms with Gasteiger partial charge in [0.1, 0.15) is 0 Å². The molecule has 0 saturated heterocycles. The van der Waals surface area contributed by atoms with E-state index in [4.69, 9.17) is 34.8 Å². The smallest absolute Gasteiger partial charge is 0.273 e. The van der Waals surface area contributed by atoms with E-state index in [2.05, 4.69) is 9.71 Å². The molecule has 1 aromatic heterocycles. The van der Waals surface area contributed by atoms with Gasteiger partial charge in [-0.15, -0.1) is 0 Å². The van der Waals surface area contributed by atoms with Crippen LogP contribution in [-0.4, -0.2) is 13.4 Å². The summed E-state index contributed by atoms with van der Waals surface area (Å²) in [5.41, 5.74) is 0.202. The molecule has 0 aliphatic heterocycles. The summed E-state index contributed by atoms with van der Waals surface area (Å²) in [7, 11) is -3.75. The van der Waals surface area contributed by atoms with Gasteiger partial charge in [0.2, 0.25) is 0 Å². The number of thiazole rings is 1. The predicted molar refractivity (Wildman–Crippen MR) is 74.4 cm³/mol. The van der Waals surface area contributed by atoms with E-state index in [-0.39, 0.29) is 24.4 Å². The average molecular weight is 344 g/mol. The molecule has 4 nitrogen and oxygen atoms in total. The molecule has 96 valence electrons. The second-order valence-corrected chi connectivity index (χ2v) is 7.45. The lowest BCUT2D eigenvalue weighted by Crippen LogP contribution is -2.11. The third kappa shape index (κ3) is 2.89. The SMILES string of the molecule is O=S(=O)(Nc1cccc(Cl)c1Cl)c1cnc(Cl)s1. The van der Waals surface area contributed by atoms with E-state index in [9.17, 15) is 8.42 Å². The maximum absolute atomic E-state index is 12.0. The summed E-state index contributed by atoms with van der Waals surface area (Å²) in [5, 5.41) is 0.401. The number of anilines is 1. The van der Waals surface area contributed by atoms with Gasteiger partial charge in [0.25, 0.3) is 10.0 Å². The standard InChI is InChI=1S/C9H5Cl3N2O2S2/c10-5-2-1-3-6(8(5)11)14-18(15,16)7-4-13-9(12)17-7/h1-4,14H. The van der Waals surface area contributed by atoms with Crippen LogP contribution in [0.15, 0.2) is 28.6 Å². The van der Waals surface area contributed by atoms with Crippen molar-refractivity contribution in [2.45, 2.75) is 4.21 Å². The van der Waals surface area contributed by atoms with Crippen LogP contribution in [-0.2, 0) is 10.0 Å². The average Bonchev–Trinajstić information content (AvgIpc) is 2.72. The van der Waals surface area contributed by atoms with Gasteiger partial charge in [-0.3, -0.25) is 4.72 Å². The van der Waals surface area contributed by atoms with E-state index >= 15 is 0 Å². The maximum Gasteiger partial charge on any atom is 0.273 e. The summed E-state index contributed by atoms with van der Waals surface area (Å²) in [6.45, 7) is 0. The third-order valence-electron chi connectivity index (χ3n) is 1.92. The minimum Gasteiger partial charge on any atom is -0.277 e. The first-order valence-corrected chi connectivity index (χ1v) is 7.91. The van der Waals surface area contributed by atoms with Crippen LogP contribution >= 0.6 is 46.1 Å². The Labute approximate surface area is 123 Å². The largest absolute Gasteiger partial charge is 0.277 e. The van der Waals surface area contributed by atoms with E-state index in [0.717, 1.165) is 11.3 Å². The molecule has 2 aromatic rings. The van der Waals surface area contributed by atoms with Crippen molar-refractivity contribution in [3.05, 3.63) is 38.9 Å². The first kappa shape index (κ1) is 13.9. The molecule has 0 amide bonds. The zero-order chi connectivity index (χ0) is 13.3. The highest BCUT2D eigenvalue weighted by molar-refractivity contribution is 7.94. The zero-order valence-electron chi connectivity index (χ0n) is 8.52. The molecule has 0 spiro atoms. The Kier molecular flexibility index (Phi) is 4.03. The highest BCUT2D eigenvalue weighted by Gasteiger charge is 2.19. The van der Waals surface area contributed by atoms with Crippen LogP contribution in [0.3, 0.4) is 0 Å². The van der Waals surface area contributed by atoms with E-state index in [1.807, 2.05) is 0 Å². The summed E-state index contributed by atoms with van der Waals surface area (Å²) in [4.78, 5) is 3.67. The van der Waals surface area contributed by atoms with Crippen LogP contribution in [0.5, 0.6) is 0 Å². The third-order valence-corrected chi connectivity index (χ3v) is 5.68. The normalized spacial score (nSPS) is 11.5. The van der Waals surface area contributed by atoms with Gasteiger partial charge in [-0.1, -0.05) is 52.2 Å². The lowest BCUT2D eigenvalue weighted by molar-refractivity contribution is 0.603. The van der Waals surface area contributed by atoms with Crippen LogP contribution < -0.4 is 4.72 Å². The second-order valence-electron chi connectivity index (χ2n) is 3.14. The Morgan fingerprint density at radius 2 is 1.94 bits per heavy atom. The molecule has 0 radical (unpaired) electrons. The number of nitrogens with zero attached hydrogens (tertiary/aromatic N) is 1. The lowest BCUT2D eigenvalue weighted by Gasteiger charge is -2.08. The number of benzene rings is 1. The summed E-state index contributed by atoms with van der Waals surface area (Å²) >= 11 is 18.1. The first-order valence-electron chi connectivity index (χ1n) is 4.48. The Balaban J connectivity index is 2.37. The minimum absolute atomic E-state index is 0.00328. The first-order chi connectivity index (χ1) is 8.40. The minimum atomic E-state index is -3.75. The molecule has 1 aromatic carbocycles. The molecule has 2 rings (SSSR count). The molecule has 9 heteroatoms. The van der Waals surface area contributed by atoms with Crippen LogP contribution in [0, 0.1) is 0 Å². The number of hydrogen-bond donors (Lipinski definition) is 1. The number of sulfonamides is 1. The van der Waals surface area contributed by atoms with Crippen molar-refractivity contribution in [2.75, 3.05) is 4.72 Å². The highest BCUT2D eigenvalue weighted by atomic mass is 35.5. The Morgan fingerprint density at radius 3 is 2.56 bits per heavy atom. The van der Waals surface area contributed by atoms with Crippen molar-refractivity contribution < 1.29 is 8.42 Å². The van der Waals surface area contributed by atoms with Gasteiger partial charge >= 0.3 is 0 Å². The number of rotatable bonds is 3. The second kappa shape index (κ2) is 5.22. The zero-order valence-corrected chi connectivity index (χ0v) is 12.4. The summed E-state index contributed by atoms with van der Waals surface area (Å²) in [5.74, 6) is 0. The molecule has 18 heavy (non-hydrogen) atoms. The predicted octanol–water partition coefficient (Wildman–Crippen LogP) is 3.90. The van der Waals surface area contributed by atoms with Gasteiger partial charge in [0, 0.05) is 0 Å². The lowest BCUT2D eigenvalue weighted by atomic mass is 10.3. The van der Waals surface area contributed by atoms with Gasteiger partial charge in [-0.25, -0.2) is 13.4 Å². The number of halogens is 3. The molecule has 0 bridgehead atoms. The molecule has 0 aliphatic rings. The Hall–Kier alpha value is -0.530. The molecule has 0 unspecified atom stereocenters. The van der Waals surface area contributed by atoms with E-state index in [0.29, 0.717) is 0 Å². The molecule has 0 aliphatic carbocycles. The number of hydrogen-bond acceptors (Lipinski definition) is 4. The van der Waals surface area contributed by atoms with E-state index in [1.165, 1.54) is 12.3 Å². The van der Waals surface area contributed by atoms with Crippen molar-refractivity contribution in [2.24, 2.45) is 0 Å². The summed E-state index contributed by atoms with van der Waals surface area (Å²) < 4.78 is 26.4. The fourth-order valence-electron chi connectivity index (χ4n) is 1.14. The van der Waals surface area contributed by atoms with Gasteiger partial charge in [0.15, 0.2) is 8.68 Å². The van der Waals surface area contributed by atoms with Crippen molar-refractivity contribution in [1.82, 2.24) is 4.98 Å². The van der Waals surface area contributed by atoms with Crippen molar-refractivity contribution in [3.8, 4) is 0 Å². The summed E-state index contributed by atoms with van der Waals surface area (Å²) in [6, 6.07) is 4.66. The van der Waals surface area contributed by atoms with Crippen LogP contribution in [0.2, 0.25) is 14.5 Å². The van der Waals surface area contributed by atoms with Crippen molar-refractivity contribution in [1.29, 1.82) is 0 Å². The van der Waals surface area contributed by atoms with Crippen LogP contribution in [0.4, 0.5) is 5.69 Å². The molecule has 1 heterocycles. The monoisotopic (exact) mass is 342 g/mol. The fourth-order valence-corrected chi connectivity index (χ4v) is 3.91. The fraction of sp³-hybridized carbons (Fsp3) is 0. The Morgan fingerprint density at radius 1 is 1.22 bits per heavy atom. The molecule has 1 N–H and O–H groups in total. The molecular weight excluding hydrogens is 339 g/mol. The van der Waals surface area contributed by atoms with Crippen molar-refractivity contribution in [3.63, 3.8) is 0 Å². The topological polar surface area (TPSA) is 59.1 Å².